The molecule has 170 valence electrons. The fraction of sp³-hybridized carbons (Fsp3) is 0.179. The molecule has 2 amide bonds. The van der Waals surface area contributed by atoms with E-state index in [0.717, 1.165) is 51.8 Å². The van der Waals surface area contributed by atoms with Crippen LogP contribution in [0.4, 0.5) is 5.69 Å². The van der Waals surface area contributed by atoms with Crippen molar-refractivity contribution in [2.75, 3.05) is 5.32 Å². The Morgan fingerprint density at radius 1 is 0.882 bits per heavy atom. The van der Waals surface area contributed by atoms with Gasteiger partial charge in [-0.2, -0.15) is 5.10 Å². The Hall–Kier alpha value is -4.19. The maximum atomic E-state index is 12.9. The van der Waals surface area contributed by atoms with Gasteiger partial charge < -0.3 is 9.73 Å². The number of fused-ring (bicyclic) bond motifs is 2. The first kappa shape index (κ1) is 21.6. The molecule has 1 aromatic heterocycles. The van der Waals surface area contributed by atoms with Gasteiger partial charge in [-0.05, 0) is 55.7 Å². The largest absolute Gasteiger partial charge is 0.455 e. The molecule has 2 N–H and O–H groups in total. The van der Waals surface area contributed by atoms with Crippen LogP contribution < -0.4 is 10.7 Å². The van der Waals surface area contributed by atoms with Crippen LogP contribution in [0.1, 0.15) is 56.2 Å². The smallest absolute Gasteiger partial charge is 0.291 e. The van der Waals surface area contributed by atoms with Crippen molar-refractivity contribution in [3.63, 3.8) is 0 Å². The van der Waals surface area contributed by atoms with Crippen molar-refractivity contribution in [2.45, 2.75) is 33.1 Å². The van der Waals surface area contributed by atoms with Crippen molar-refractivity contribution < 1.29 is 14.0 Å². The third-order valence-corrected chi connectivity index (χ3v) is 6.17. The average molecular weight is 452 g/mol. The summed E-state index contributed by atoms with van der Waals surface area (Å²) in [4.78, 5) is 25.8. The summed E-state index contributed by atoms with van der Waals surface area (Å²) < 4.78 is 5.97. The Labute approximate surface area is 197 Å². The number of benzene rings is 3. The van der Waals surface area contributed by atoms with E-state index in [9.17, 15) is 9.59 Å². The average Bonchev–Trinajstić information content (AvgIpc) is 3.20. The lowest BCUT2D eigenvalue weighted by atomic mass is 9.93. The molecule has 0 atom stereocenters. The van der Waals surface area contributed by atoms with Crippen LogP contribution in [0.3, 0.4) is 0 Å². The van der Waals surface area contributed by atoms with Gasteiger partial charge in [0.15, 0.2) is 5.76 Å². The maximum absolute atomic E-state index is 12.9. The molecule has 0 saturated carbocycles. The predicted octanol–water partition coefficient (Wildman–Crippen LogP) is 5.77. The molecule has 4 aromatic rings. The van der Waals surface area contributed by atoms with Gasteiger partial charge in [0.1, 0.15) is 5.76 Å². The molecule has 5 rings (SSSR count). The molecule has 0 fully saturated rings. The van der Waals surface area contributed by atoms with Gasteiger partial charge in [-0.25, -0.2) is 5.43 Å². The zero-order chi connectivity index (χ0) is 23.7. The molecule has 6 heteroatoms. The summed E-state index contributed by atoms with van der Waals surface area (Å²) in [7, 11) is 0. The molecule has 0 bridgehead atoms. The summed E-state index contributed by atoms with van der Waals surface area (Å²) in [5.41, 5.74) is 7.40. The van der Waals surface area contributed by atoms with Crippen LogP contribution in [0, 0.1) is 13.8 Å². The molecule has 0 unspecified atom stereocenters. The number of aryl methyl sites for hydroxylation is 2. The SMILES string of the molecule is Cc1ccc(NC(=O)c2oc3c(c2C)/C(=N/NC(=O)c2cccc4ccccc24)CCC3)cc1. The number of amides is 2. The molecule has 34 heavy (non-hydrogen) atoms. The van der Waals surface area contributed by atoms with Gasteiger partial charge >= 0.3 is 0 Å². The normalized spacial score (nSPS) is 14.1. The molecule has 0 aliphatic heterocycles. The topological polar surface area (TPSA) is 83.7 Å². The van der Waals surface area contributed by atoms with Crippen molar-refractivity contribution in [1.82, 2.24) is 5.43 Å². The Bertz CT molecular complexity index is 1430. The van der Waals surface area contributed by atoms with E-state index in [4.69, 9.17) is 4.42 Å². The van der Waals surface area contributed by atoms with E-state index in [-0.39, 0.29) is 17.6 Å². The predicted molar refractivity (Wildman–Crippen MR) is 133 cm³/mol. The lowest BCUT2D eigenvalue weighted by Crippen LogP contribution is -2.22. The van der Waals surface area contributed by atoms with E-state index in [1.807, 2.05) is 74.5 Å². The van der Waals surface area contributed by atoms with Crippen molar-refractivity contribution in [2.24, 2.45) is 5.10 Å². The quantitative estimate of drug-likeness (QED) is 0.386. The van der Waals surface area contributed by atoms with Gasteiger partial charge in [0.25, 0.3) is 11.8 Å². The first-order chi connectivity index (χ1) is 16.5. The van der Waals surface area contributed by atoms with Crippen LogP contribution in [0.15, 0.2) is 76.2 Å². The number of hydrazone groups is 1. The second-order valence-electron chi connectivity index (χ2n) is 8.55. The van der Waals surface area contributed by atoms with Gasteiger partial charge in [0.05, 0.1) is 5.71 Å². The molecule has 0 radical (unpaired) electrons. The van der Waals surface area contributed by atoms with Crippen molar-refractivity contribution in [3.05, 3.63) is 101 Å². The number of rotatable bonds is 4. The van der Waals surface area contributed by atoms with E-state index in [2.05, 4.69) is 15.8 Å². The second-order valence-corrected chi connectivity index (χ2v) is 8.55. The number of furan rings is 1. The molecule has 3 aromatic carbocycles. The lowest BCUT2D eigenvalue weighted by molar-refractivity contribution is 0.0955. The molecule has 6 nitrogen and oxygen atoms in total. The summed E-state index contributed by atoms with van der Waals surface area (Å²) in [6.07, 6.45) is 2.26. The summed E-state index contributed by atoms with van der Waals surface area (Å²) in [5, 5.41) is 9.23. The number of anilines is 1. The van der Waals surface area contributed by atoms with Crippen LogP contribution in [0.2, 0.25) is 0 Å². The summed E-state index contributed by atoms with van der Waals surface area (Å²) >= 11 is 0. The van der Waals surface area contributed by atoms with Crippen LogP contribution in [0.25, 0.3) is 10.8 Å². The molecular weight excluding hydrogens is 426 g/mol. The van der Waals surface area contributed by atoms with E-state index in [1.165, 1.54) is 0 Å². The Kier molecular flexibility index (Phi) is 5.72. The summed E-state index contributed by atoms with van der Waals surface area (Å²) in [5.74, 6) is 0.446. The van der Waals surface area contributed by atoms with Crippen LogP contribution in [-0.2, 0) is 6.42 Å². The molecule has 1 aliphatic carbocycles. The molecule has 1 heterocycles. The van der Waals surface area contributed by atoms with Crippen LogP contribution in [0.5, 0.6) is 0 Å². The molecular formula is C28H25N3O3. The number of nitrogens with one attached hydrogen (secondary N) is 2. The van der Waals surface area contributed by atoms with Crippen LogP contribution >= 0.6 is 0 Å². The third-order valence-electron chi connectivity index (χ3n) is 6.17. The lowest BCUT2D eigenvalue weighted by Gasteiger charge is -2.13. The zero-order valence-corrected chi connectivity index (χ0v) is 19.1. The zero-order valence-electron chi connectivity index (χ0n) is 19.1. The van der Waals surface area contributed by atoms with Gasteiger partial charge in [-0.1, -0.05) is 54.1 Å². The number of nitrogens with zero attached hydrogens (tertiary/aromatic N) is 1. The summed E-state index contributed by atoms with van der Waals surface area (Å²) in [6.45, 7) is 3.86. The summed E-state index contributed by atoms with van der Waals surface area (Å²) in [6, 6.07) is 21.0. The van der Waals surface area contributed by atoms with Crippen molar-refractivity contribution in [1.29, 1.82) is 0 Å². The third kappa shape index (κ3) is 4.10. The molecule has 0 saturated heterocycles. The highest BCUT2D eigenvalue weighted by Gasteiger charge is 2.28. The maximum Gasteiger partial charge on any atom is 0.291 e. The van der Waals surface area contributed by atoms with Gasteiger partial charge in [0.2, 0.25) is 0 Å². The van der Waals surface area contributed by atoms with E-state index in [0.29, 0.717) is 17.7 Å². The van der Waals surface area contributed by atoms with Crippen LogP contribution in [-0.4, -0.2) is 17.5 Å². The Morgan fingerprint density at radius 2 is 1.65 bits per heavy atom. The fourth-order valence-corrected chi connectivity index (χ4v) is 4.42. The number of carbonyl (C=O) groups is 2. The molecule has 1 aliphatic rings. The van der Waals surface area contributed by atoms with Gasteiger partial charge in [-0.15, -0.1) is 0 Å². The highest BCUT2D eigenvalue weighted by Crippen LogP contribution is 2.30. The first-order valence-electron chi connectivity index (χ1n) is 11.4. The fourth-order valence-electron chi connectivity index (χ4n) is 4.42. The monoisotopic (exact) mass is 451 g/mol. The number of hydrogen-bond acceptors (Lipinski definition) is 4. The number of carbonyl (C=O) groups excluding carboxylic acids is 2. The number of hydrogen-bond donors (Lipinski definition) is 2. The van der Waals surface area contributed by atoms with E-state index < -0.39 is 0 Å². The minimum atomic E-state index is -0.296. The minimum Gasteiger partial charge on any atom is -0.455 e. The Morgan fingerprint density at radius 3 is 2.47 bits per heavy atom. The molecule has 0 spiro atoms. The van der Waals surface area contributed by atoms with E-state index in [1.54, 1.807) is 6.07 Å². The van der Waals surface area contributed by atoms with E-state index >= 15 is 0 Å². The van der Waals surface area contributed by atoms with Gasteiger partial charge in [0, 0.05) is 28.8 Å². The standard InChI is InChI=1S/C28H25N3O3/c1-17-13-15-20(16-14-17)29-28(33)26-18(2)25-23(11-6-12-24(25)34-26)30-31-27(32)22-10-5-8-19-7-3-4-9-21(19)22/h3-5,7-10,13-16H,6,11-12H2,1-2H3,(H,29,33)(H,31,32)/b30-23+. The van der Waals surface area contributed by atoms with Crippen molar-refractivity contribution >= 4 is 34.0 Å². The van der Waals surface area contributed by atoms with Crippen molar-refractivity contribution in [3.8, 4) is 0 Å². The second kappa shape index (κ2) is 8.98. The highest BCUT2D eigenvalue weighted by molar-refractivity contribution is 6.11. The highest BCUT2D eigenvalue weighted by atomic mass is 16.4. The minimum absolute atomic E-state index is 0.269. The van der Waals surface area contributed by atoms with Gasteiger partial charge in [-0.3, -0.25) is 9.59 Å². The first-order valence-corrected chi connectivity index (χ1v) is 11.4. The Balaban J connectivity index is 1.40.